The number of aliphatic carboxylic acids is 4. The van der Waals surface area contributed by atoms with Crippen molar-refractivity contribution in [3.05, 3.63) is 95.1 Å². The third-order valence-electron chi connectivity index (χ3n) is 6.29. The summed E-state index contributed by atoms with van der Waals surface area (Å²) in [7, 11) is 0. The molecular formula is C34H44O8Sn. The van der Waals surface area contributed by atoms with Gasteiger partial charge in [-0.15, -0.1) is 0 Å². The zero-order valence-corrected chi connectivity index (χ0v) is 29.4. The molecule has 0 spiro atoms. The summed E-state index contributed by atoms with van der Waals surface area (Å²) in [5, 5.41) is 41.6. The van der Waals surface area contributed by atoms with Gasteiger partial charge in [0.15, 0.2) is 0 Å². The molecule has 0 aliphatic rings. The van der Waals surface area contributed by atoms with Crippen LogP contribution in [0.25, 0.3) is 0 Å². The van der Waals surface area contributed by atoms with Crippen molar-refractivity contribution in [1.29, 1.82) is 0 Å². The average molecular weight is 699 g/mol. The van der Waals surface area contributed by atoms with Crippen molar-refractivity contribution in [2.45, 2.75) is 86.9 Å². The maximum atomic E-state index is 10.6. The molecule has 0 heterocycles. The monoisotopic (exact) mass is 700 g/mol. The second-order valence-electron chi connectivity index (χ2n) is 10.1. The maximum absolute atomic E-state index is 10.6. The smallest absolute Gasteiger partial charge is 0.0678 e. The summed E-state index contributed by atoms with van der Waals surface area (Å²) in [6, 6.07) is 17.3. The fraction of sp³-hybridized carbons (Fsp3) is 0.412. The van der Waals surface area contributed by atoms with Crippen molar-refractivity contribution in [2.75, 3.05) is 0 Å². The van der Waals surface area contributed by atoms with E-state index in [-0.39, 0.29) is 45.1 Å². The molecule has 0 N–H and O–H groups in total. The fourth-order valence-corrected chi connectivity index (χ4v) is 9.06. The number of carboxylic acid groups (broad SMARTS) is 4. The van der Waals surface area contributed by atoms with Gasteiger partial charge in [0.2, 0.25) is 0 Å². The molecule has 0 amide bonds. The molecule has 43 heavy (non-hydrogen) atoms. The van der Waals surface area contributed by atoms with E-state index in [9.17, 15) is 39.6 Å². The molecule has 0 fully saturated rings. The molecule has 0 aliphatic heterocycles. The van der Waals surface area contributed by atoms with Crippen LogP contribution in [0.4, 0.5) is 0 Å². The Morgan fingerprint density at radius 2 is 0.907 bits per heavy atom. The van der Waals surface area contributed by atoms with Gasteiger partial charge in [0.05, 0.1) is 23.9 Å². The fourth-order valence-electron chi connectivity index (χ4n) is 4.02. The molecule has 0 aliphatic carbocycles. The number of carboxylic acids is 4. The molecule has 0 bridgehead atoms. The first-order valence-corrected chi connectivity index (χ1v) is 20.6. The van der Waals surface area contributed by atoms with Crippen molar-refractivity contribution in [1.82, 2.24) is 0 Å². The molecule has 0 aromatic heterocycles. The van der Waals surface area contributed by atoms with E-state index in [0.29, 0.717) is 23.3 Å². The van der Waals surface area contributed by atoms with Crippen LogP contribution < -0.4 is 20.4 Å². The van der Waals surface area contributed by atoms with Crippen LogP contribution in [0.5, 0.6) is 0 Å². The first kappa shape index (κ1) is 39.6. The third kappa shape index (κ3) is 23.8. The summed E-state index contributed by atoms with van der Waals surface area (Å²) in [5.41, 5.74) is 0.797. The molecule has 0 saturated heterocycles. The van der Waals surface area contributed by atoms with Gasteiger partial charge in [-0.2, -0.15) is 0 Å². The Labute approximate surface area is 265 Å². The summed E-state index contributed by atoms with van der Waals surface area (Å²) < 4.78 is 3.38. The standard InChI is InChI=1S/2C11H10O4.2C6H13.Sn.2H/c2*12-10(13)7-9(11(14)15)6-8-4-2-1-3-5-8;2*1-3-5-6-4-2;;;/h2*1-5,7H,6H2,(H,12,13)(H,14,15);2*1,3-6H2,2H3;;;/q;;;;+4;;/p-4/b2*9-7-;;;;;. The Kier molecular flexibility index (Phi) is 24.2. The molecule has 0 saturated carbocycles. The number of unbranched alkanes of at least 4 members (excludes halogenated alkanes) is 6. The third-order valence-corrected chi connectivity index (χ3v) is 12.0. The average Bonchev–Trinajstić information content (AvgIpc) is 2.97. The van der Waals surface area contributed by atoms with E-state index in [4.69, 9.17) is 0 Å². The minimum atomic E-state index is -1.54. The Hall–Kier alpha value is -3.40. The van der Waals surface area contributed by atoms with E-state index >= 15 is 0 Å². The quantitative estimate of drug-likeness (QED) is 0.129. The van der Waals surface area contributed by atoms with Crippen LogP contribution in [-0.2, 0) is 32.0 Å². The molecule has 9 heteroatoms. The van der Waals surface area contributed by atoms with Gasteiger partial charge >= 0.3 is 95.2 Å². The first-order chi connectivity index (χ1) is 20.6. The molecule has 2 aromatic rings. The molecular weight excluding hydrogens is 655 g/mol. The number of rotatable bonds is 18. The second-order valence-corrected chi connectivity index (χ2v) is 16.1. The van der Waals surface area contributed by atoms with Gasteiger partial charge < -0.3 is 39.6 Å². The van der Waals surface area contributed by atoms with Gasteiger partial charge in [0, 0.05) is 0 Å². The van der Waals surface area contributed by atoms with Crippen LogP contribution in [0, 0.1) is 0 Å². The van der Waals surface area contributed by atoms with Crippen molar-refractivity contribution in [3.8, 4) is 0 Å². The SMILES string of the molecule is CCCCC[CH2][SnH2+4][CH2]CCCCC.O=C([O-])/C=C(/Cc1ccccc1)C(=O)[O-].O=C([O-])/C=C(/Cc1ccccc1)C(=O)[O-]. The summed E-state index contributed by atoms with van der Waals surface area (Å²) in [6.07, 6.45) is 13.0. The van der Waals surface area contributed by atoms with E-state index in [1.807, 2.05) is 0 Å². The minimum absolute atomic E-state index is 0.0111. The molecule has 8 nitrogen and oxygen atoms in total. The van der Waals surface area contributed by atoms with Gasteiger partial charge in [-0.3, -0.25) is 0 Å². The van der Waals surface area contributed by atoms with E-state index in [0.717, 1.165) is 0 Å². The number of benzene rings is 2. The number of carbonyl (C=O) groups is 4. The Morgan fingerprint density at radius 1 is 0.558 bits per heavy atom. The van der Waals surface area contributed by atoms with Crippen molar-refractivity contribution in [3.63, 3.8) is 0 Å². The zero-order chi connectivity index (χ0) is 32.3. The Bertz CT molecular complexity index is 1040. The van der Waals surface area contributed by atoms with Crippen LogP contribution >= 0.6 is 0 Å². The van der Waals surface area contributed by atoms with E-state index in [1.165, 1.54) is 38.5 Å². The van der Waals surface area contributed by atoms with Crippen molar-refractivity contribution in [2.24, 2.45) is 0 Å². The number of hydrogen-bond acceptors (Lipinski definition) is 8. The molecule has 0 atom stereocenters. The number of carbonyl (C=O) groups excluding carboxylic acids is 4. The predicted octanol–water partition coefficient (Wildman–Crippen LogP) is 1.46. The summed E-state index contributed by atoms with van der Waals surface area (Å²) in [5.74, 6) is -6.07. The summed E-state index contributed by atoms with van der Waals surface area (Å²) >= 11 is -0.220. The summed E-state index contributed by atoms with van der Waals surface area (Å²) in [6.45, 7) is 4.60. The van der Waals surface area contributed by atoms with E-state index in [2.05, 4.69) is 13.8 Å². The molecule has 2 rings (SSSR count). The second kappa shape index (κ2) is 26.2. The van der Waals surface area contributed by atoms with Crippen molar-refractivity contribution >= 4 is 45.0 Å². The Morgan fingerprint density at radius 3 is 1.19 bits per heavy atom. The largest absolute Gasteiger partial charge is 0.545 e. The zero-order valence-electron chi connectivity index (χ0n) is 25.4. The molecule has 4 radical (unpaired) electrons. The van der Waals surface area contributed by atoms with Crippen LogP contribution in [0.15, 0.2) is 84.0 Å². The normalized spacial score (nSPS) is 10.9. The topological polar surface area (TPSA) is 161 Å². The van der Waals surface area contributed by atoms with Crippen LogP contribution in [0.1, 0.15) is 76.3 Å². The van der Waals surface area contributed by atoms with Crippen LogP contribution in [0.2, 0.25) is 8.87 Å². The minimum Gasteiger partial charge on any atom is -0.545 e. The van der Waals surface area contributed by atoms with Gasteiger partial charge in [-0.05, 0) is 47.3 Å². The number of hydrogen-bond donors (Lipinski definition) is 0. The van der Waals surface area contributed by atoms with Gasteiger partial charge in [0.1, 0.15) is 0 Å². The predicted molar refractivity (Wildman–Crippen MR) is 163 cm³/mol. The van der Waals surface area contributed by atoms with Crippen molar-refractivity contribution < 1.29 is 39.6 Å². The van der Waals surface area contributed by atoms with Gasteiger partial charge in [0.25, 0.3) is 0 Å². The summed E-state index contributed by atoms with van der Waals surface area (Å²) in [4.78, 5) is 41.6. The van der Waals surface area contributed by atoms with E-state index in [1.54, 1.807) is 82.4 Å². The first-order valence-electron chi connectivity index (χ1n) is 14.9. The van der Waals surface area contributed by atoms with E-state index < -0.39 is 23.9 Å². The van der Waals surface area contributed by atoms with Crippen LogP contribution in [-0.4, -0.2) is 45.0 Å². The van der Waals surface area contributed by atoms with Gasteiger partial charge in [-0.1, -0.05) is 60.7 Å². The molecule has 2 aromatic carbocycles. The maximum Gasteiger partial charge on any atom is 0.0678 e. The molecule has 0 unspecified atom stereocenters. The van der Waals surface area contributed by atoms with Crippen LogP contribution in [0.3, 0.4) is 0 Å². The molecule has 232 valence electrons. The van der Waals surface area contributed by atoms with Gasteiger partial charge in [-0.25, -0.2) is 0 Å². The Balaban J connectivity index is 0.000000618.